The van der Waals surface area contributed by atoms with E-state index in [4.69, 9.17) is 0 Å². The van der Waals surface area contributed by atoms with E-state index < -0.39 is 0 Å². The van der Waals surface area contributed by atoms with Crippen molar-refractivity contribution in [1.82, 2.24) is 15.5 Å². The van der Waals surface area contributed by atoms with Crippen molar-refractivity contribution < 1.29 is 9.90 Å². The lowest BCUT2D eigenvalue weighted by Crippen LogP contribution is -2.42. The number of aromatic hydroxyl groups is 1. The van der Waals surface area contributed by atoms with Crippen molar-refractivity contribution in [2.24, 2.45) is 4.99 Å². The number of guanidine groups is 1. The zero-order valence-corrected chi connectivity index (χ0v) is 17.1. The first-order chi connectivity index (χ1) is 11.5. The zero-order chi connectivity index (χ0) is 17.1. The number of phenolic OH excluding ortho intramolecular Hbond substituents is 1. The fourth-order valence-electron chi connectivity index (χ4n) is 2.25. The van der Waals surface area contributed by atoms with Crippen LogP contribution in [0.2, 0.25) is 0 Å². The first kappa shape index (κ1) is 19.6. The highest BCUT2D eigenvalue weighted by molar-refractivity contribution is 14.0. The van der Waals surface area contributed by atoms with Gasteiger partial charge < -0.3 is 10.4 Å². The molecule has 0 amide bonds. The number of aliphatic imine (C=N–C) groups is 1. The molecule has 2 N–H and O–H groups in total. The second-order valence-corrected chi connectivity index (χ2v) is 6.75. The van der Waals surface area contributed by atoms with Gasteiger partial charge in [-0.05, 0) is 24.3 Å². The topological polar surface area (TPSA) is 90.7 Å². The number of rotatable bonds is 5. The van der Waals surface area contributed by atoms with E-state index in [1.807, 2.05) is 0 Å². The zero-order valence-electron chi connectivity index (χ0n) is 14.0. The summed E-state index contributed by atoms with van der Waals surface area (Å²) in [5, 5.41) is 22.5. The third-order valence-electron chi connectivity index (χ3n) is 3.56. The average Bonchev–Trinajstić information content (AvgIpc) is 3.25. The molecular formula is C16H20IN5O2S. The summed E-state index contributed by atoms with van der Waals surface area (Å²) < 4.78 is 0. The molecule has 0 saturated heterocycles. The summed E-state index contributed by atoms with van der Waals surface area (Å²) >= 11 is 1.47. The van der Waals surface area contributed by atoms with Gasteiger partial charge in [0.2, 0.25) is 11.1 Å². The number of phenols is 1. The maximum Gasteiger partial charge on any atom is 0.215 e. The van der Waals surface area contributed by atoms with Crippen molar-refractivity contribution in [2.75, 3.05) is 24.5 Å². The lowest BCUT2D eigenvalue weighted by Gasteiger charge is -2.20. The number of aromatic nitrogens is 2. The van der Waals surface area contributed by atoms with E-state index in [0.29, 0.717) is 23.2 Å². The highest BCUT2D eigenvalue weighted by Crippen LogP contribution is 2.26. The number of carbonyl (C=O) groups excluding carboxylic acids is 1. The number of benzene rings is 1. The van der Waals surface area contributed by atoms with Gasteiger partial charge in [0.1, 0.15) is 10.8 Å². The molecule has 0 fully saturated rings. The number of ketones is 1. The molecular weight excluding hydrogens is 453 g/mol. The molecule has 0 saturated carbocycles. The van der Waals surface area contributed by atoms with E-state index in [1.54, 1.807) is 17.0 Å². The van der Waals surface area contributed by atoms with Crippen molar-refractivity contribution >= 4 is 52.2 Å². The molecule has 1 aromatic heterocycles. The van der Waals surface area contributed by atoms with E-state index in [-0.39, 0.29) is 48.0 Å². The summed E-state index contributed by atoms with van der Waals surface area (Å²) in [6, 6.07) is 6.23. The molecule has 7 nitrogen and oxygen atoms in total. The average molecular weight is 473 g/mol. The van der Waals surface area contributed by atoms with Crippen molar-refractivity contribution in [3.8, 4) is 5.75 Å². The Morgan fingerprint density at radius 3 is 2.60 bits per heavy atom. The number of carbonyl (C=O) groups is 1. The number of anilines is 1. The quantitative estimate of drug-likeness (QED) is 0.513. The lowest BCUT2D eigenvalue weighted by molar-refractivity contribution is 0.100. The first-order valence-electron chi connectivity index (χ1n) is 7.76. The predicted octanol–water partition coefficient (Wildman–Crippen LogP) is 2.63. The Morgan fingerprint density at radius 2 is 2.04 bits per heavy atom. The minimum Gasteiger partial charge on any atom is -0.508 e. The SMILES string of the molecule is CC(C)c1nnc(N(CC(=O)c2ccc(O)cc2)C2=NCCN2)s1.I. The smallest absolute Gasteiger partial charge is 0.215 e. The Kier molecular flexibility index (Phi) is 6.71. The van der Waals surface area contributed by atoms with Crippen LogP contribution in [0.15, 0.2) is 29.3 Å². The summed E-state index contributed by atoms with van der Waals surface area (Å²) in [6.45, 7) is 5.65. The van der Waals surface area contributed by atoms with Gasteiger partial charge in [-0.2, -0.15) is 0 Å². The molecule has 2 aromatic rings. The highest BCUT2D eigenvalue weighted by atomic mass is 127. The van der Waals surface area contributed by atoms with Crippen molar-refractivity contribution in [2.45, 2.75) is 19.8 Å². The first-order valence-corrected chi connectivity index (χ1v) is 8.57. The molecule has 0 radical (unpaired) electrons. The normalized spacial score (nSPS) is 13.2. The molecule has 25 heavy (non-hydrogen) atoms. The molecule has 0 spiro atoms. The monoisotopic (exact) mass is 473 g/mol. The van der Waals surface area contributed by atoms with Gasteiger partial charge in [-0.25, -0.2) is 0 Å². The highest BCUT2D eigenvalue weighted by Gasteiger charge is 2.24. The largest absolute Gasteiger partial charge is 0.508 e. The van der Waals surface area contributed by atoms with Crippen LogP contribution in [0.5, 0.6) is 5.75 Å². The van der Waals surface area contributed by atoms with E-state index >= 15 is 0 Å². The van der Waals surface area contributed by atoms with E-state index in [9.17, 15) is 9.90 Å². The molecule has 1 aliphatic rings. The van der Waals surface area contributed by atoms with Gasteiger partial charge in [0, 0.05) is 18.0 Å². The number of nitrogens with one attached hydrogen (secondary N) is 1. The number of nitrogens with zero attached hydrogens (tertiary/aromatic N) is 4. The molecule has 1 aliphatic heterocycles. The predicted molar refractivity (Wildman–Crippen MR) is 110 cm³/mol. The summed E-state index contributed by atoms with van der Waals surface area (Å²) in [5.41, 5.74) is 0.532. The molecule has 0 aliphatic carbocycles. The minimum atomic E-state index is -0.0762. The summed E-state index contributed by atoms with van der Waals surface area (Å²) in [7, 11) is 0. The Bertz CT molecular complexity index is 760. The van der Waals surface area contributed by atoms with Crippen molar-refractivity contribution in [3.05, 3.63) is 34.8 Å². The van der Waals surface area contributed by atoms with Crippen LogP contribution in [-0.4, -0.2) is 46.7 Å². The molecule has 9 heteroatoms. The Hall–Kier alpha value is -1.75. The molecule has 2 heterocycles. The molecule has 0 bridgehead atoms. The Labute approximate surface area is 167 Å². The number of Topliss-reactive ketones (excluding diaryl/α,β-unsaturated/α-hetero) is 1. The maximum absolute atomic E-state index is 12.6. The Morgan fingerprint density at radius 1 is 1.32 bits per heavy atom. The summed E-state index contributed by atoms with van der Waals surface area (Å²) in [4.78, 5) is 18.8. The van der Waals surface area contributed by atoms with Crippen LogP contribution in [0.25, 0.3) is 0 Å². The van der Waals surface area contributed by atoms with E-state index in [2.05, 4.69) is 34.4 Å². The van der Waals surface area contributed by atoms with Crippen LogP contribution < -0.4 is 10.2 Å². The molecule has 0 unspecified atom stereocenters. The minimum absolute atomic E-state index is 0. The van der Waals surface area contributed by atoms with Crippen molar-refractivity contribution in [1.29, 1.82) is 0 Å². The van der Waals surface area contributed by atoms with Crippen LogP contribution >= 0.6 is 35.3 Å². The van der Waals surface area contributed by atoms with Gasteiger partial charge in [0.15, 0.2) is 5.78 Å². The van der Waals surface area contributed by atoms with Crippen LogP contribution in [0.3, 0.4) is 0 Å². The van der Waals surface area contributed by atoms with Gasteiger partial charge >= 0.3 is 0 Å². The fourth-order valence-corrected chi connectivity index (χ4v) is 3.10. The maximum atomic E-state index is 12.6. The van der Waals surface area contributed by atoms with Crippen LogP contribution in [0, 0.1) is 0 Å². The van der Waals surface area contributed by atoms with Crippen LogP contribution in [-0.2, 0) is 0 Å². The van der Waals surface area contributed by atoms with Crippen LogP contribution in [0.1, 0.15) is 35.1 Å². The second kappa shape index (κ2) is 8.56. The van der Waals surface area contributed by atoms with Gasteiger partial charge in [-0.3, -0.25) is 14.7 Å². The fraction of sp³-hybridized carbons (Fsp3) is 0.375. The van der Waals surface area contributed by atoms with E-state index in [1.165, 1.54) is 23.5 Å². The van der Waals surface area contributed by atoms with Gasteiger partial charge in [0.25, 0.3) is 0 Å². The summed E-state index contributed by atoms with van der Waals surface area (Å²) in [6.07, 6.45) is 0. The molecule has 0 atom stereocenters. The number of hydrogen-bond acceptors (Lipinski definition) is 8. The summed E-state index contributed by atoms with van der Waals surface area (Å²) in [5.74, 6) is 0.988. The second-order valence-electron chi connectivity index (χ2n) is 5.77. The van der Waals surface area contributed by atoms with Gasteiger partial charge in [-0.1, -0.05) is 25.2 Å². The van der Waals surface area contributed by atoms with Gasteiger partial charge in [-0.15, -0.1) is 34.2 Å². The van der Waals surface area contributed by atoms with E-state index in [0.717, 1.165) is 11.6 Å². The molecule has 134 valence electrons. The van der Waals surface area contributed by atoms with Crippen LogP contribution in [0.4, 0.5) is 5.13 Å². The standard InChI is InChI=1S/C16H19N5O2S.HI/c1-10(2)14-19-20-16(24-14)21(15-17-7-8-18-15)9-13(23)11-3-5-12(22)6-4-11;/h3-6,10,22H,7-9H2,1-2H3,(H,17,18);1H. The third-order valence-corrected chi connectivity index (χ3v) is 4.80. The van der Waals surface area contributed by atoms with Gasteiger partial charge in [0.05, 0.1) is 13.1 Å². The lowest BCUT2D eigenvalue weighted by atomic mass is 10.1. The number of hydrogen-bond donors (Lipinski definition) is 2. The Balaban J connectivity index is 0.00000225. The molecule has 1 aromatic carbocycles. The third kappa shape index (κ3) is 4.66. The number of halogens is 1. The van der Waals surface area contributed by atoms with Crippen molar-refractivity contribution in [3.63, 3.8) is 0 Å². The molecule has 3 rings (SSSR count).